The van der Waals surface area contributed by atoms with Crippen molar-refractivity contribution in [2.75, 3.05) is 24.5 Å². The van der Waals surface area contributed by atoms with Gasteiger partial charge in [0, 0.05) is 32.0 Å². The first-order chi connectivity index (χ1) is 15.4. The molecule has 2 aromatic heterocycles. The molecule has 1 N–H and O–H groups in total. The molecular weight excluding hydrogens is 400 g/mol. The highest BCUT2D eigenvalue weighted by Gasteiger charge is 2.50. The van der Waals surface area contributed by atoms with Crippen molar-refractivity contribution >= 4 is 11.6 Å². The number of nitrogens with zero attached hydrogens (tertiary/aromatic N) is 4. The van der Waals surface area contributed by atoms with Gasteiger partial charge in [0.05, 0.1) is 16.9 Å². The summed E-state index contributed by atoms with van der Waals surface area (Å²) < 4.78 is 2.18. The van der Waals surface area contributed by atoms with Crippen molar-refractivity contribution in [2.24, 2.45) is 5.92 Å². The van der Waals surface area contributed by atoms with Gasteiger partial charge in [0.25, 0.3) is 5.91 Å². The SMILES string of the molecule is Cc1cccc(C(=O)N2CCC3(C2)c2cccn2-c2ncccc2N3CCC(C)C)c1O. The quantitative estimate of drug-likeness (QED) is 0.662. The van der Waals surface area contributed by atoms with E-state index in [0.29, 0.717) is 24.6 Å². The summed E-state index contributed by atoms with van der Waals surface area (Å²) >= 11 is 0. The number of aryl methyl sites for hydroxylation is 1. The van der Waals surface area contributed by atoms with Crippen LogP contribution >= 0.6 is 0 Å². The van der Waals surface area contributed by atoms with Crippen LogP contribution in [0.1, 0.15) is 48.3 Å². The van der Waals surface area contributed by atoms with Gasteiger partial charge < -0.3 is 19.5 Å². The van der Waals surface area contributed by atoms with E-state index in [2.05, 4.69) is 47.7 Å². The Bertz CT molecular complexity index is 1170. The molecule has 0 bridgehead atoms. The maximum absolute atomic E-state index is 13.4. The predicted octanol–water partition coefficient (Wildman–Crippen LogP) is 4.49. The Morgan fingerprint density at radius 1 is 1.19 bits per heavy atom. The van der Waals surface area contributed by atoms with Gasteiger partial charge in [0.1, 0.15) is 11.3 Å². The number of carbonyl (C=O) groups is 1. The first kappa shape index (κ1) is 20.6. The van der Waals surface area contributed by atoms with Crippen molar-refractivity contribution in [3.05, 3.63) is 71.7 Å². The molecule has 1 spiro atoms. The zero-order valence-electron chi connectivity index (χ0n) is 19.0. The molecule has 0 aliphatic carbocycles. The minimum atomic E-state index is -0.316. The Balaban J connectivity index is 1.56. The summed E-state index contributed by atoms with van der Waals surface area (Å²) in [5.41, 5.74) is 3.07. The van der Waals surface area contributed by atoms with E-state index in [9.17, 15) is 9.90 Å². The monoisotopic (exact) mass is 430 g/mol. The summed E-state index contributed by atoms with van der Waals surface area (Å²) in [5.74, 6) is 1.49. The molecule has 0 radical (unpaired) electrons. The van der Waals surface area contributed by atoms with Crippen LogP contribution in [-0.4, -0.2) is 45.1 Å². The maximum Gasteiger partial charge on any atom is 0.257 e. The third-order valence-electron chi connectivity index (χ3n) is 6.96. The topological polar surface area (TPSA) is 61.6 Å². The zero-order chi connectivity index (χ0) is 22.5. The predicted molar refractivity (Wildman–Crippen MR) is 125 cm³/mol. The van der Waals surface area contributed by atoms with E-state index in [1.807, 2.05) is 36.2 Å². The summed E-state index contributed by atoms with van der Waals surface area (Å²) in [7, 11) is 0. The number of pyridine rings is 1. The number of aromatic hydroxyl groups is 1. The van der Waals surface area contributed by atoms with Crippen molar-refractivity contribution in [1.82, 2.24) is 14.5 Å². The third-order valence-corrected chi connectivity index (χ3v) is 6.96. The smallest absolute Gasteiger partial charge is 0.257 e. The number of anilines is 1. The third kappa shape index (κ3) is 3.08. The van der Waals surface area contributed by atoms with Gasteiger partial charge in [-0.05, 0) is 61.6 Å². The lowest BCUT2D eigenvalue weighted by Crippen LogP contribution is -2.53. The highest BCUT2D eigenvalue weighted by molar-refractivity contribution is 5.97. The van der Waals surface area contributed by atoms with Crippen molar-refractivity contribution in [3.8, 4) is 11.6 Å². The average Bonchev–Trinajstić information content (AvgIpc) is 3.44. The molecule has 2 aliphatic rings. The number of likely N-dealkylation sites (tertiary alicyclic amines) is 1. The van der Waals surface area contributed by atoms with E-state index in [4.69, 9.17) is 4.98 Å². The van der Waals surface area contributed by atoms with Crippen LogP contribution in [0.2, 0.25) is 0 Å². The molecule has 1 atom stereocenters. The molecule has 1 unspecified atom stereocenters. The fourth-order valence-electron chi connectivity index (χ4n) is 5.22. The number of fused-ring (bicyclic) bond motifs is 4. The van der Waals surface area contributed by atoms with Crippen LogP contribution in [0.15, 0.2) is 54.9 Å². The van der Waals surface area contributed by atoms with Crippen LogP contribution in [0.3, 0.4) is 0 Å². The van der Waals surface area contributed by atoms with Gasteiger partial charge in [-0.3, -0.25) is 4.79 Å². The first-order valence-electron chi connectivity index (χ1n) is 11.4. The second-order valence-corrected chi connectivity index (χ2v) is 9.42. The van der Waals surface area contributed by atoms with Gasteiger partial charge in [0.15, 0.2) is 5.82 Å². The molecule has 2 aliphatic heterocycles. The maximum atomic E-state index is 13.4. The van der Waals surface area contributed by atoms with Gasteiger partial charge in [0.2, 0.25) is 0 Å². The Morgan fingerprint density at radius 2 is 2.03 bits per heavy atom. The number of amides is 1. The number of phenolic OH excluding ortho intramolecular Hbond substituents is 1. The number of aromatic nitrogens is 2. The van der Waals surface area contributed by atoms with Gasteiger partial charge in [-0.15, -0.1) is 0 Å². The Labute approximate surface area is 189 Å². The minimum absolute atomic E-state index is 0.0803. The average molecular weight is 431 g/mol. The summed E-state index contributed by atoms with van der Waals surface area (Å²) in [4.78, 5) is 22.5. The van der Waals surface area contributed by atoms with Crippen LogP contribution in [0, 0.1) is 12.8 Å². The molecule has 1 saturated heterocycles. The van der Waals surface area contributed by atoms with E-state index in [1.165, 1.54) is 5.69 Å². The van der Waals surface area contributed by atoms with Crippen LogP contribution < -0.4 is 4.90 Å². The summed E-state index contributed by atoms with van der Waals surface area (Å²) in [6.07, 6.45) is 5.80. The van der Waals surface area contributed by atoms with Gasteiger partial charge in [-0.2, -0.15) is 0 Å². The summed E-state index contributed by atoms with van der Waals surface area (Å²) in [6, 6.07) is 13.7. The molecule has 5 rings (SSSR count). The number of carbonyl (C=O) groups excluding carboxylic acids is 1. The van der Waals surface area contributed by atoms with E-state index < -0.39 is 0 Å². The molecule has 1 aromatic carbocycles. The lowest BCUT2D eigenvalue weighted by Gasteiger charge is -2.47. The van der Waals surface area contributed by atoms with Gasteiger partial charge in [-0.25, -0.2) is 4.98 Å². The van der Waals surface area contributed by atoms with E-state index in [-0.39, 0.29) is 17.2 Å². The Kier molecular flexibility index (Phi) is 4.96. The molecule has 6 heteroatoms. The van der Waals surface area contributed by atoms with Crippen molar-refractivity contribution in [1.29, 1.82) is 0 Å². The molecule has 0 saturated carbocycles. The standard InChI is InChI=1S/C26H30N4O2/c1-18(2)11-15-30-21-9-5-13-27-24(21)29-14-6-10-22(29)26(30)12-16-28(17-26)25(32)20-8-4-7-19(3)23(20)31/h4-10,13-14,18,31H,11-12,15-17H2,1-3H3. The highest BCUT2D eigenvalue weighted by Crippen LogP contribution is 2.47. The Morgan fingerprint density at radius 3 is 2.84 bits per heavy atom. The van der Waals surface area contributed by atoms with E-state index in [0.717, 1.165) is 36.5 Å². The molecule has 3 aromatic rings. The molecule has 1 amide bonds. The lowest BCUT2D eigenvalue weighted by atomic mass is 9.88. The fourth-order valence-corrected chi connectivity index (χ4v) is 5.22. The number of rotatable bonds is 4. The molecule has 4 heterocycles. The first-order valence-corrected chi connectivity index (χ1v) is 11.4. The zero-order valence-corrected chi connectivity index (χ0v) is 19.0. The van der Waals surface area contributed by atoms with E-state index in [1.54, 1.807) is 6.07 Å². The normalized spacial score (nSPS) is 19.5. The largest absolute Gasteiger partial charge is 0.507 e. The number of phenols is 1. The minimum Gasteiger partial charge on any atom is -0.507 e. The molecule has 32 heavy (non-hydrogen) atoms. The summed E-state index contributed by atoms with van der Waals surface area (Å²) in [6.45, 7) is 8.44. The van der Waals surface area contributed by atoms with Crippen LogP contribution in [0.4, 0.5) is 5.69 Å². The number of benzene rings is 1. The number of hydrogen-bond donors (Lipinski definition) is 1. The highest BCUT2D eigenvalue weighted by atomic mass is 16.3. The molecule has 1 fully saturated rings. The van der Waals surface area contributed by atoms with Crippen LogP contribution in [-0.2, 0) is 5.54 Å². The molecule has 6 nitrogen and oxygen atoms in total. The van der Waals surface area contributed by atoms with E-state index >= 15 is 0 Å². The number of para-hydroxylation sites is 1. The second-order valence-electron chi connectivity index (χ2n) is 9.42. The van der Waals surface area contributed by atoms with Crippen molar-refractivity contribution in [3.63, 3.8) is 0 Å². The van der Waals surface area contributed by atoms with Crippen LogP contribution in [0.25, 0.3) is 5.82 Å². The van der Waals surface area contributed by atoms with Gasteiger partial charge >= 0.3 is 0 Å². The summed E-state index contributed by atoms with van der Waals surface area (Å²) in [5, 5.41) is 10.5. The molecule has 166 valence electrons. The van der Waals surface area contributed by atoms with Crippen LogP contribution in [0.5, 0.6) is 5.75 Å². The second kappa shape index (κ2) is 7.69. The lowest BCUT2D eigenvalue weighted by molar-refractivity contribution is 0.0778. The van der Waals surface area contributed by atoms with Gasteiger partial charge in [-0.1, -0.05) is 26.0 Å². The molecular formula is C26H30N4O2. The fraction of sp³-hybridized carbons (Fsp3) is 0.385. The van der Waals surface area contributed by atoms with Crippen molar-refractivity contribution < 1.29 is 9.90 Å². The number of hydrogen-bond acceptors (Lipinski definition) is 4. The van der Waals surface area contributed by atoms with Crippen molar-refractivity contribution in [2.45, 2.75) is 39.2 Å². The Hall–Kier alpha value is -3.28.